The number of amides is 4. The number of hydrogen-bond acceptors (Lipinski definition) is 4. The van der Waals surface area contributed by atoms with Gasteiger partial charge in [0.2, 0.25) is 5.91 Å². The summed E-state index contributed by atoms with van der Waals surface area (Å²) in [7, 11) is 0. The van der Waals surface area contributed by atoms with Crippen molar-refractivity contribution in [1.29, 1.82) is 0 Å². The van der Waals surface area contributed by atoms with Crippen molar-refractivity contribution in [2.45, 2.75) is 38.8 Å². The molecular formula is C21H28N4O3. The summed E-state index contributed by atoms with van der Waals surface area (Å²) in [5.41, 5.74) is 1.70. The highest BCUT2D eigenvalue weighted by atomic mass is 16.2. The standard InChI is InChI=1S/C21H28N4O3/c1-15-4-3-5-16(12-15)13-23-8-10-24(11-9-23)18(26)14-25-19(27)21(2,17-6-7-17)22-20(25)28/h3-5,12,17H,6-11,13-14H2,1-2H3,(H,22,28). The minimum atomic E-state index is -0.829. The Labute approximate surface area is 165 Å². The molecule has 1 aliphatic carbocycles. The summed E-state index contributed by atoms with van der Waals surface area (Å²) in [4.78, 5) is 42.8. The molecule has 1 aromatic rings. The topological polar surface area (TPSA) is 73.0 Å². The highest BCUT2D eigenvalue weighted by molar-refractivity contribution is 6.09. The lowest BCUT2D eigenvalue weighted by Gasteiger charge is -2.35. The second-order valence-electron chi connectivity index (χ2n) is 8.44. The summed E-state index contributed by atoms with van der Waals surface area (Å²) in [5, 5.41) is 2.80. The molecule has 150 valence electrons. The summed E-state index contributed by atoms with van der Waals surface area (Å²) in [6, 6.07) is 8.03. The number of piperazine rings is 1. The zero-order valence-corrected chi connectivity index (χ0v) is 16.6. The number of rotatable bonds is 5. The Balaban J connectivity index is 1.29. The Kier molecular flexibility index (Phi) is 4.87. The highest BCUT2D eigenvalue weighted by Gasteiger charge is 2.56. The fourth-order valence-electron chi connectivity index (χ4n) is 4.26. The van der Waals surface area contributed by atoms with Gasteiger partial charge in [-0.1, -0.05) is 29.8 Å². The highest BCUT2D eigenvalue weighted by Crippen LogP contribution is 2.42. The molecule has 0 radical (unpaired) electrons. The fourth-order valence-corrected chi connectivity index (χ4v) is 4.26. The number of imide groups is 1. The van der Waals surface area contributed by atoms with E-state index in [0.29, 0.717) is 13.1 Å². The van der Waals surface area contributed by atoms with Crippen molar-refractivity contribution >= 4 is 17.8 Å². The van der Waals surface area contributed by atoms with Gasteiger partial charge >= 0.3 is 6.03 Å². The van der Waals surface area contributed by atoms with Crippen LogP contribution in [0.5, 0.6) is 0 Å². The van der Waals surface area contributed by atoms with E-state index in [9.17, 15) is 14.4 Å². The molecule has 4 rings (SSSR count). The molecule has 4 amide bonds. The molecule has 2 heterocycles. The number of benzene rings is 1. The molecule has 0 spiro atoms. The molecule has 1 N–H and O–H groups in total. The number of carbonyl (C=O) groups is 3. The van der Waals surface area contributed by atoms with E-state index in [1.54, 1.807) is 11.8 Å². The van der Waals surface area contributed by atoms with Crippen LogP contribution in [0.15, 0.2) is 24.3 Å². The third-order valence-corrected chi connectivity index (χ3v) is 6.20. The van der Waals surface area contributed by atoms with Crippen molar-refractivity contribution in [3.05, 3.63) is 35.4 Å². The lowest BCUT2D eigenvalue weighted by atomic mass is 9.96. The Bertz CT molecular complexity index is 799. The maximum absolute atomic E-state index is 12.7. The van der Waals surface area contributed by atoms with Crippen molar-refractivity contribution < 1.29 is 14.4 Å². The van der Waals surface area contributed by atoms with E-state index in [1.807, 2.05) is 0 Å². The zero-order chi connectivity index (χ0) is 19.9. The number of nitrogens with zero attached hydrogens (tertiary/aromatic N) is 3. The molecular weight excluding hydrogens is 356 g/mol. The predicted molar refractivity (Wildman–Crippen MR) is 104 cm³/mol. The molecule has 2 aliphatic heterocycles. The van der Waals surface area contributed by atoms with Gasteiger partial charge in [0.15, 0.2) is 0 Å². The van der Waals surface area contributed by atoms with Crippen LogP contribution in [0.4, 0.5) is 4.79 Å². The molecule has 0 bridgehead atoms. The van der Waals surface area contributed by atoms with Crippen LogP contribution in [0, 0.1) is 12.8 Å². The van der Waals surface area contributed by atoms with Gasteiger partial charge in [-0.15, -0.1) is 0 Å². The largest absolute Gasteiger partial charge is 0.339 e. The number of carbonyl (C=O) groups excluding carboxylic acids is 3. The lowest BCUT2D eigenvalue weighted by molar-refractivity contribution is -0.140. The van der Waals surface area contributed by atoms with Crippen molar-refractivity contribution in [2.75, 3.05) is 32.7 Å². The summed E-state index contributed by atoms with van der Waals surface area (Å²) in [6.45, 7) is 7.40. The van der Waals surface area contributed by atoms with E-state index in [1.165, 1.54) is 11.1 Å². The number of aryl methyl sites for hydroxylation is 1. The van der Waals surface area contributed by atoms with Gasteiger partial charge in [-0.25, -0.2) is 4.79 Å². The van der Waals surface area contributed by atoms with Crippen LogP contribution >= 0.6 is 0 Å². The average molecular weight is 384 g/mol. The third kappa shape index (κ3) is 3.63. The molecule has 1 unspecified atom stereocenters. The van der Waals surface area contributed by atoms with Gasteiger partial charge < -0.3 is 10.2 Å². The zero-order valence-electron chi connectivity index (χ0n) is 16.6. The Hall–Kier alpha value is -2.41. The third-order valence-electron chi connectivity index (χ3n) is 6.20. The molecule has 0 aromatic heterocycles. The smallest absolute Gasteiger partial charge is 0.325 e. The summed E-state index contributed by atoms with van der Waals surface area (Å²) in [5.74, 6) is -0.209. The maximum Gasteiger partial charge on any atom is 0.325 e. The minimum absolute atomic E-state index is 0.154. The second kappa shape index (κ2) is 7.20. The van der Waals surface area contributed by atoms with E-state index < -0.39 is 11.6 Å². The van der Waals surface area contributed by atoms with Gasteiger partial charge in [0.05, 0.1) is 0 Å². The van der Waals surface area contributed by atoms with Crippen molar-refractivity contribution in [1.82, 2.24) is 20.0 Å². The first kappa shape index (κ1) is 18.9. The first-order valence-electron chi connectivity index (χ1n) is 10.1. The second-order valence-corrected chi connectivity index (χ2v) is 8.44. The van der Waals surface area contributed by atoms with Gasteiger partial charge in [-0.05, 0) is 38.2 Å². The number of nitrogens with one attached hydrogen (secondary N) is 1. The molecule has 1 aromatic carbocycles. The molecule has 3 aliphatic rings. The number of hydrogen-bond donors (Lipinski definition) is 1. The van der Waals surface area contributed by atoms with Crippen LogP contribution in [-0.2, 0) is 16.1 Å². The Morgan fingerprint density at radius 2 is 1.89 bits per heavy atom. The van der Waals surface area contributed by atoms with E-state index in [0.717, 1.165) is 37.4 Å². The molecule has 1 atom stereocenters. The minimum Gasteiger partial charge on any atom is -0.339 e. The average Bonchev–Trinajstić information content (AvgIpc) is 3.48. The SMILES string of the molecule is Cc1cccc(CN2CCN(C(=O)CN3C(=O)NC(C)(C4CC4)C3=O)CC2)c1. The molecule has 7 heteroatoms. The summed E-state index contributed by atoms with van der Waals surface area (Å²) < 4.78 is 0. The molecule has 7 nitrogen and oxygen atoms in total. The van der Waals surface area contributed by atoms with E-state index in [2.05, 4.69) is 41.4 Å². The van der Waals surface area contributed by atoms with E-state index >= 15 is 0 Å². The summed E-state index contributed by atoms with van der Waals surface area (Å²) in [6.07, 6.45) is 1.90. The quantitative estimate of drug-likeness (QED) is 0.778. The van der Waals surface area contributed by atoms with Gasteiger partial charge in [0.1, 0.15) is 12.1 Å². The molecule has 1 saturated carbocycles. The molecule has 2 saturated heterocycles. The normalized spacial score (nSPS) is 25.9. The maximum atomic E-state index is 12.7. The Morgan fingerprint density at radius 1 is 1.18 bits per heavy atom. The fraction of sp³-hybridized carbons (Fsp3) is 0.571. The van der Waals surface area contributed by atoms with E-state index in [4.69, 9.17) is 0 Å². The lowest BCUT2D eigenvalue weighted by Crippen LogP contribution is -2.52. The van der Waals surface area contributed by atoms with Crippen LogP contribution in [0.2, 0.25) is 0 Å². The van der Waals surface area contributed by atoms with Crippen LogP contribution < -0.4 is 5.32 Å². The Morgan fingerprint density at radius 3 is 2.54 bits per heavy atom. The van der Waals surface area contributed by atoms with E-state index in [-0.39, 0.29) is 24.3 Å². The van der Waals surface area contributed by atoms with Crippen molar-refractivity contribution in [3.8, 4) is 0 Å². The van der Waals surface area contributed by atoms with Crippen molar-refractivity contribution in [2.24, 2.45) is 5.92 Å². The number of urea groups is 1. The van der Waals surface area contributed by atoms with Gasteiger partial charge in [0.25, 0.3) is 5.91 Å². The van der Waals surface area contributed by atoms with Crippen LogP contribution in [-0.4, -0.2) is 70.8 Å². The first-order valence-corrected chi connectivity index (χ1v) is 10.1. The van der Waals surface area contributed by atoms with Crippen LogP contribution in [0.1, 0.15) is 30.9 Å². The van der Waals surface area contributed by atoms with Gasteiger partial charge in [-0.2, -0.15) is 0 Å². The first-order chi connectivity index (χ1) is 13.4. The predicted octanol–water partition coefficient (Wildman–Crippen LogP) is 1.36. The monoisotopic (exact) mass is 384 g/mol. The molecule has 28 heavy (non-hydrogen) atoms. The van der Waals surface area contributed by atoms with Crippen LogP contribution in [0.25, 0.3) is 0 Å². The van der Waals surface area contributed by atoms with Crippen molar-refractivity contribution in [3.63, 3.8) is 0 Å². The van der Waals surface area contributed by atoms with Gasteiger partial charge in [-0.3, -0.25) is 19.4 Å². The van der Waals surface area contributed by atoms with Crippen LogP contribution in [0.3, 0.4) is 0 Å². The summed E-state index contributed by atoms with van der Waals surface area (Å²) >= 11 is 0. The van der Waals surface area contributed by atoms with Gasteiger partial charge in [0, 0.05) is 32.7 Å². The molecule has 3 fully saturated rings.